The molecule has 1 saturated carbocycles. The van der Waals surface area contributed by atoms with E-state index in [1.165, 1.54) is 25.7 Å². The fraction of sp³-hybridized carbons (Fsp3) is 0.778. The van der Waals surface area contributed by atoms with Gasteiger partial charge >= 0.3 is 0 Å². The monoisotopic (exact) mass is 156 g/mol. The van der Waals surface area contributed by atoms with E-state index in [0.29, 0.717) is 5.41 Å². The van der Waals surface area contributed by atoms with Crippen molar-refractivity contribution in [3.05, 3.63) is 12.2 Å². The van der Waals surface area contributed by atoms with Gasteiger partial charge < -0.3 is 0 Å². The van der Waals surface area contributed by atoms with Crippen LogP contribution in [0.2, 0.25) is 0 Å². The van der Waals surface area contributed by atoms with Crippen LogP contribution in [0.4, 0.5) is 0 Å². The van der Waals surface area contributed by atoms with Gasteiger partial charge in [0.05, 0.1) is 0 Å². The van der Waals surface area contributed by atoms with E-state index in [4.69, 9.17) is 11.6 Å². The molecule has 56 valence electrons. The van der Waals surface area contributed by atoms with E-state index >= 15 is 0 Å². The van der Waals surface area contributed by atoms with Gasteiger partial charge in [-0.15, -0.1) is 11.6 Å². The number of hydrogen-bond donors (Lipinski definition) is 0. The molecule has 10 heavy (non-hydrogen) atoms. The Bertz CT molecular complexity index is 148. The molecule has 0 unspecified atom stereocenters. The van der Waals surface area contributed by atoms with Gasteiger partial charge in [-0.2, -0.15) is 0 Å². The van der Waals surface area contributed by atoms with Gasteiger partial charge in [-0.1, -0.05) is 12.2 Å². The molecule has 0 atom stereocenters. The number of allylic oxidation sites excluding steroid dienone is 2. The summed E-state index contributed by atoms with van der Waals surface area (Å²) in [5, 5.41) is 0. The van der Waals surface area contributed by atoms with E-state index in [-0.39, 0.29) is 0 Å². The fourth-order valence-electron chi connectivity index (χ4n) is 1.97. The molecule has 2 rings (SSSR count). The van der Waals surface area contributed by atoms with Crippen molar-refractivity contribution < 1.29 is 0 Å². The minimum atomic E-state index is 0.502. The first kappa shape index (κ1) is 6.72. The highest BCUT2D eigenvalue weighted by atomic mass is 35.5. The number of halogens is 1. The third-order valence-corrected chi connectivity index (χ3v) is 3.46. The van der Waals surface area contributed by atoms with Crippen LogP contribution < -0.4 is 0 Å². The predicted molar refractivity (Wildman–Crippen MR) is 44.3 cm³/mol. The molecule has 1 heteroatoms. The first-order chi connectivity index (χ1) is 4.87. The lowest BCUT2D eigenvalue weighted by Crippen LogP contribution is -2.21. The van der Waals surface area contributed by atoms with Gasteiger partial charge in [0.15, 0.2) is 0 Å². The highest BCUT2D eigenvalue weighted by Gasteiger charge is 2.44. The summed E-state index contributed by atoms with van der Waals surface area (Å²) >= 11 is 5.96. The zero-order valence-electron chi connectivity index (χ0n) is 6.15. The molecular weight excluding hydrogens is 144 g/mol. The minimum Gasteiger partial charge on any atom is -0.126 e. The van der Waals surface area contributed by atoms with Crippen LogP contribution in [-0.2, 0) is 0 Å². The van der Waals surface area contributed by atoms with E-state index in [0.717, 1.165) is 11.8 Å². The van der Waals surface area contributed by atoms with Crippen molar-refractivity contribution >= 4 is 11.6 Å². The van der Waals surface area contributed by atoms with Gasteiger partial charge in [-0.05, 0) is 37.0 Å². The zero-order chi connectivity index (χ0) is 7.03. The lowest BCUT2D eigenvalue weighted by Gasteiger charge is -2.25. The third kappa shape index (κ3) is 0.897. The van der Waals surface area contributed by atoms with Crippen LogP contribution in [0.1, 0.15) is 25.7 Å². The molecule has 0 aromatic rings. The Morgan fingerprint density at radius 1 is 1.30 bits per heavy atom. The summed E-state index contributed by atoms with van der Waals surface area (Å²) in [6.07, 6.45) is 9.91. The Labute approximate surface area is 67.3 Å². The Kier molecular flexibility index (Phi) is 1.52. The Hall–Kier alpha value is 0.0300. The first-order valence-corrected chi connectivity index (χ1v) is 4.62. The number of hydrogen-bond acceptors (Lipinski definition) is 0. The van der Waals surface area contributed by atoms with Crippen molar-refractivity contribution in [1.29, 1.82) is 0 Å². The molecule has 0 aromatic heterocycles. The first-order valence-electron chi connectivity index (χ1n) is 4.08. The summed E-state index contributed by atoms with van der Waals surface area (Å²) < 4.78 is 0. The maximum Gasteiger partial charge on any atom is 0.0288 e. The van der Waals surface area contributed by atoms with E-state index in [1.54, 1.807) is 0 Å². The molecule has 0 nitrogen and oxygen atoms in total. The highest BCUT2D eigenvalue weighted by Crippen LogP contribution is 2.53. The van der Waals surface area contributed by atoms with Crippen LogP contribution in [0, 0.1) is 11.3 Å². The summed E-state index contributed by atoms with van der Waals surface area (Å²) in [6.45, 7) is 0. The molecule has 0 amide bonds. The van der Waals surface area contributed by atoms with Crippen LogP contribution >= 0.6 is 11.6 Å². The normalized spacial score (nSPS) is 29.3. The lowest BCUT2D eigenvalue weighted by atomic mass is 9.82. The molecular formula is C9H13Cl. The average molecular weight is 157 g/mol. The summed E-state index contributed by atoms with van der Waals surface area (Å²) in [4.78, 5) is 0. The Morgan fingerprint density at radius 2 is 1.90 bits per heavy atom. The quantitative estimate of drug-likeness (QED) is 0.426. The topological polar surface area (TPSA) is 0 Å². The standard InChI is InChI=1S/C9H13Cl/c10-7-9(8-3-4-8)5-1-2-6-9/h1-2,8H,3-7H2. The van der Waals surface area contributed by atoms with Crippen molar-refractivity contribution in [2.45, 2.75) is 25.7 Å². The molecule has 0 aromatic carbocycles. The van der Waals surface area contributed by atoms with Crippen molar-refractivity contribution in [1.82, 2.24) is 0 Å². The van der Waals surface area contributed by atoms with Crippen molar-refractivity contribution in [3.63, 3.8) is 0 Å². The van der Waals surface area contributed by atoms with Crippen LogP contribution in [0.25, 0.3) is 0 Å². The molecule has 2 aliphatic rings. The van der Waals surface area contributed by atoms with Gasteiger partial charge in [-0.3, -0.25) is 0 Å². The van der Waals surface area contributed by atoms with Crippen molar-refractivity contribution in [3.8, 4) is 0 Å². The zero-order valence-corrected chi connectivity index (χ0v) is 6.90. The third-order valence-electron chi connectivity index (χ3n) is 2.92. The van der Waals surface area contributed by atoms with Crippen molar-refractivity contribution in [2.75, 3.05) is 5.88 Å². The Morgan fingerprint density at radius 3 is 2.30 bits per heavy atom. The van der Waals surface area contributed by atoms with Gasteiger partial charge in [0.2, 0.25) is 0 Å². The molecule has 0 bridgehead atoms. The minimum absolute atomic E-state index is 0.502. The van der Waals surface area contributed by atoms with Crippen LogP contribution in [-0.4, -0.2) is 5.88 Å². The fourth-order valence-corrected chi connectivity index (χ4v) is 2.40. The van der Waals surface area contributed by atoms with Gasteiger partial charge in [0.25, 0.3) is 0 Å². The van der Waals surface area contributed by atoms with Crippen LogP contribution in [0.15, 0.2) is 12.2 Å². The molecule has 1 fully saturated rings. The smallest absolute Gasteiger partial charge is 0.0288 e. The second kappa shape index (κ2) is 2.27. The molecule has 0 N–H and O–H groups in total. The Balaban J connectivity index is 2.07. The van der Waals surface area contributed by atoms with Gasteiger partial charge in [0.1, 0.15) is 0 Å². The molecule has 0 heterocycles. The van der Waals surface area contributed by atoms with Crippen molar-refractivity contribution in [2.24, 2.45) is 11.3 Å². The van der Waals surface area contributed by atoms with Crippen LogP contribution in [0.3, 0.4) is 0 Å². The SMILES string of the molecule is ClCC1(C2CC2)CC=CC1. The predicted octanol–water partition coefficient (Wildman–Crippen LogP) is 2.97. The van der Waals surface area contributed by atoms with E-state index < -0.39 is 0 Å². The molecule has 0 spiro atoms. The average Bonchev–Trinajstić information content (AvgIpc) is 2.71. The van der Waals surface area contributed by atoms with E-state index in [9.17, 15) is 0 Å². The maximum absolute atomic E-state index is 5.96. The highest BCUT2D eigenvalue weighted by molar-refractivity contribution is 6.18. The van der Waals surface area contributed by atoms with E-state index in [2.05, 4.69) is 12.2 Å². The maximum atomic E-state index is 5.96. The number of alkyl halides is 1. The molecule has 0 aliphatic heterocycles. The molecule has 0 saturated heterocycles. The lowest BCUT2D eigenvalue weighted by molar-refractivity contribution is 0.303. The van der Waals surface area contributed by atoms with Gasteiger partial charge in [0, 0.05) is 5.88 Å². The largest absolute Gasteiger partial charge is 0.126 e. The number of rotatable bonds is 2. The van der Waals surface area contributed by atoms with E-state index in [1.807, 2.05) is 0 Å². The summed E-state index contributed by atoms with van der Waals surface area (Å²) in [6, 6.07) is 0. The molecule has 2 aliphatic carbocycles. The second-order valence-corrected chi connectivity index (χ2v) is 3.92. The van der Waals surface area contributed by atoms with Crippen LogP contribution in [0.5, 0.6) is 0 Å². The van der Waals surface area contributed by atoms with Gasteiger partial charge in [-0.25, -0.2) is 0 Å². The summed E-state index contributed by atoms with van der Waals surface area (Å²) in [7, 11) is 0. The molecule has 0 radical (unpaired) electrons. The summed E-state index contributed by atoms with van der Waals surface area (Å²) in [5.41, 5.74) is 0.502. The second-order valence-electron chi connectivity index (χ2n) is 3.65. The summed E-state index contributed by atoms with van der Waals surface area (Å²) in [5.74, 6) is 1.82.